The van der Waals surface area contributed by atoms with Crippen molar-refractivity contribution in [1.82, 2.24) is 4.98 Å². The highest BCUT2D eigenvalue weighted by Crippen LogP contribution is 2.37. The lowest BCUT2D eigenvalue weighted by Gasteiger charge is -2.21. The van der Waals surface area contributed by atoms with E-state index in [0.29, 0.717) is 32.9 Å². The number of carboxylic acid groups (broad SMARTS) is 1. The fourth-order valence-corrected chi connectivity index (χ4v) is 3.99. The molecule has 0 unspecified atom stereocenters. The number of fused-ring (bicyclic) bond motifs is 2. The van der Waals surface area contributed by atoms with Gasteiger partial charge in [-0.25, -0.2) is 9.78 Å². The van der Waals surface area contributed by atoms with Crippen molar-refractivity contribution in [3.8, 4) is 0 Å². The Bertz CT molecular complexity index is 1070. The Labute approximate surface area is 160 Å². The maximum Gasteiger partial charge on any atom is 0.336 e. The van der Waals surface area contributed by atoms with Crippen LogP contribution in [0.3, 0.4) is 0 Å². The number of carboxylic acids is 1. The molecule has 0 spiro atoms. The Morgan fingerprint density at radius 3 is 2.69 bits per heavy atom. The normalized spacial score (nSPS) is 15.2. The molecule has 26 heavy (non-hydrogen) atoms. The van der Waals surface area contributed by atoms with Crippen LogP contribution in [0.1, 0.15) is 40.0 Å². The Balaban J connectivity index is 1.96. The second-order valence-electron chi connectivity index (χ2n) is 6.33. The van der Waals surface area contributed by atoms with Gasteiger partial charge < -0.3 is 5.11 Å². The predicted octanol–water partition coefficient (Wildman–Crippen LogP) is 6.12. The van der Waals surface area contributed by atoms with Crippen LogP contribution in [-0.4, -0.2) is 16.1 Å². The molecule has 2 aromatic carbocycles. The van der Waals surface area contributed by atoms with Crippen LogP contribution in [-0.2, 0) is 6.42 Å². The first-order valence-corrected chi connectivity index (χ1v) is 9.11. The number of rotatable bonds is 2. The van der Waals surface area contributed by atoms with Crippen molar-refractivity contribution < 1.29 is 9.90 Å². The van der Waals surface area contributed by atoms with E-state index < -0.39 is 5.97 Å². The van der Waals surface area contributed by atoms with E-state index in [1.54, 1.807) is 12.1 Å². The van der Waals surface area contributed by atoms with Gasteiger partial charge in [0.15, 0.2) is 0 Å². The lowest BCUT2D eigenvalue weighted by atomic mass is 9.86. The number of allylic oxidation sites excluding steroid dienone is 1. The Hall–Kier alpha value is -2.36. The average molecular weight is 384 g/mol. The van der Waals surface area contributed by atoms with Gasteiger partial charge in [-0.2, -0.15) is 0 Å². The van der Waals surface area contributed by atoms with Gasteiger partial charge in [0.25, 0.3) is 0 Å². The minimum Gasteiger partial charge on any atom is -0.478 e. The molecule has 3 aromatic rings. The number of nitrogens with zero attached hydrogens (tertiary/aromatic N) is 1. The number of benzene rings is 2. The van der Waals surface area contributed by atoms with E-state index >= 15 is 0 Å². The fraction of sp³-hybridized carbons (Fsp3) is 0.143. The Morgan fingerprint density at radius 2 is 1.92 bits per heavy atom. The number of aromatic nitrogens is 1. The molecule has 0 saturated heterocycles. The van der Waals surface area contributed by atoms with Gasteiger partial charge in [0.05, 0.1) is 16.8 Å². The van der Waals surface area contributed by atoms with E-state index in [4.69, 9.17) is 28.2 Å². The smallest absolute Gasteiger partial charge is 0.336 e. The number of pyridine rings is 1. The third-order valence-corrected chi connectivity index (χ3v) is 5.24. The van der Waals surface area contributed by atoms with Gasteiger partial charge in [-0.1, -0.05) is 47.5 Å². The molecule has 5 heteroatoms. The van der Waals surface area contributed by atoms with Gasteiger partial charge in [0, 0.05) is 15.4 Å². The van der Waals surface area contributed by atoms with E-state index in [0.717, 1.165) is 35.2 Å². The monoisotopic (exact) mass is 383 g/mol. The van der Waals surface area contributed by atoms with Crippen molar-refractivity contribution in [3.05, 3.63) is 74.9 Å². The second-order valence-corrected chi connectivity index (χ2v) is 7.17. The molecule has 4 rings (SSSR count). The van der Waals surface area contributed by atoms with Gasteiger partial charge in [-0.05, 0) is 60.2 Å². The third kappa shape index (κ3) is 2.98. The minimum atomic E-state index is -0.911. The van der Waals surface area contributed by atoms with Crippen molar-refractivity contribution in [2.75, 3.05) is 0 Å². The van der Waals surface area contributed by atoms with E-state index in [-0.39, 0.29) is 0 Å². The van der Waals surface area contributed by atoms with Gasteiger partial charge in [-0.15, -0.1) is 0 Å². The van der Waals surface area contributed by atoms with Crippen LogP contribution in [0.15, 0.2) is 42.5 Å². The zero-order chi connectivity index (χ0) is 18.3. The molecule has 0 fully saturated rings. The zero-order valence-electron chi connectivity index (χ0n) is 13.8. The van der Waals surface area contributed by atoms with Crippen LogP contribution in [0.4, 0.5) is 0 Å². The van der Waals surface area contributed by atoms with E-state index in [2.05, 4.69) is 0 Å². The molecular weight excluding hydrogens is 369 g/mol. The minimum absolute atomic E-state index is 0.360. The van der Waals surface area contributed by atoms with Crippen molar-refractivity contribution >= 4 is 51.7 Å². The lowest BCUT2D eigenvalue weighted by molar-refractivity contribution is 0.0697. The molecular formula is C21H15Cl2NO2. The molecule has 1 aromatic heterocycles. The van der Waals surface area contributed by atoms with E-state index in [1.807, 2.05) is 36.4 Å². The largest absolute Gasteiger partial charge is 0.478 e. The van der Waals surface area contributed by atoms with Gasteiger partial charge >= 0.3 is 5.97 Å². The molecule has 0 saturated carbocycles. The number of carbonyl (C=O) groups is 1. The number of halogens is 2. The van der Waals surface area contributed by atoms with Gasteiger partial charge in [0.2, 0.25) is 0 Å². The first kappa shape index (κ1) is 17.1. The van der Waals surface area contributed by atoms with Crippen molar-refractivity contribution in [2.24, 2.45) is 0 Å². The maximum absolute atomic E-state index is 12.0. The molecule has 0 atom stereocenters. The first-order chi connectivity index (χ1) is 12.5. The van der Waals surface area contributed by atoms with Crippen LogP contribution in [0.25, 0.3) is 22.6 Å². The molecule has 0 bridgehead atoms. The third-order valence-electron chi connectivity index (χ3n) is 4.68. The van der Waals surface area contributed by atoms with Crippen LogP contribution in [0.5, 0.6) is 0 Å². The summed E-state index contributed by atoms with van der Waals surface area (Å²) in [5.74, 6) is -0.911. The second kappa shape index (κ2) is 6.75. The van der Waals surface area contributed by atoms with Gasteiger partial charge in [0.1, 0.15) is 0 Å². The van der Waals surface area contributed by atoms with Crippen molar-refractivity contribution in [3.63, 3.8) is 0 Å². The summed E-state index contributed by atoms with van der Waals surface area (Å²) in [5.41, 5.74) is 4.48. The molecule has 0 aliphatic heterocycles. The fourth-order valence-electron chi connectivity index (χ4n) is 3.53. The summed E-state index contributed by atoms with van der Waals surface area (Å²) in [4.78, 5) is 16.7. The Kier molecular flexibility index (Phi) is 4.43. The highest BCUT2D eigenvalue weighted by molar-refractivity contribution is 6.35. The highest BCUT2D eigenvalue weighted by atomic mass is 35.5. The molecule has 130 valence electrons. The summed E-state index contributed by atoms with van der Waals surface area (Å²) in [6, 6.07) is 12.7. The van der Waals surface area contributed by atoms with E-state index in [9.17, 15) is 9.90 Å². The SMILES string of the molecule is O=C(O)c1c2c(nc3ccccc13)C(=Cc1ccc(Cl)cc1Cl)CCC2. The van der Waals surface area contributed by atoms with E-state index in [1.165, 1.54) is 0 Å². The number of aromatic carboxylic acids is 1. The first-order valence-electron chi connectivity index (χ1n) is 8.35. The van der Waals surface area contributed by atoms with Crippen LogP contribution >= 0.6 is 23.2 Å². The zero-order valence-corrected chi connectivity index (χ0v) is 15.3. The quantitative estimate of drug-likeness (QED) is 0.579. The number of para-hydroxylation sites is 1. The van der Waals surface area contributed by atoms with Crippen LogP contribution in [0.2, 0.25) is 10.0 Å². The molecule has 3 nitrogen and oxygen atoms in total. The predicted molar refractivity (Wildman–Crippen MR) is 106 cm³/mol. The van der Waals surface area contributed by atoms with Crippen molar-refractivity contribution in [2.45, 2.75) is 19.3 Å². The van der Waals surface area contributed by atoms with Crippen molar-refractivity contribution in [1.29, 1.82) is 0 Å². The maximum atomic E-state index is 12.0. The lowest BCUT2D eigenvalue weighted by Crippen LogP contribution is -2.13. The summed E-state index contributed by atoms with van der Waals surface area (Å²) >= 11 is 12.3. The standard InChI is InChI=1S/C21H15Cl2NO2/c22-14-9-8-12(17(23)11-14)10-13-4-3-6-16-19(21(25)26)15-5-1-2-7-18(15)24-20(13)16/h1-2,5,7-11H,3-4,6H2,(H,25,26). The molecule has 0 amide bonds. The highest BCUT2D eigenvalue weighted by Gasteiger charge is 2.24. The topological polar surface area (TPSA) is 50.2 Å². The summed E-state index contributed by atoms with van der Waals surface area (Å²) in [7, 11) is 0. The molecule has 1 N–H and O–H groups in total. The summed E-state index contributed by atoms with van der Waals surface area (Å²) in [5, 5.41) is 11.6. The molecule has 0 radical (unpaired) electrons. The molecule has 1 heterocycles. The number of hydrogen-bond donors (Lipinski definition) is 1. The number of hydrogen-bond acceptors (Lipinski definition) is 2. The average Bonchev–Trinajstić information content (AvgIpc) is 2.62. The summed E-state index contributed by atoms with van der Waals surface area (Å²) < 4.78 is 0. The summed E-state index contributed by atoms with van der Waals surface area (Å²) in [6.45, 7) is 0. The summed E-state index contributed by atoms with van der Waals surface area (Å²) in [6.07, 6.45) is 4.41. The van der Waals surface area contributed by atoms with Crippen LogP contribution < -0.4 is 0 Å². The molecule has 1 aliphatic carbocycles. The Morgan fingerprint density at radius 1 is 1.12 bits per heavy atom. The van der Waals surface area contributed by atoms with Gasteiger partial charge in [-0.3, -0.25) is 0 Å². The van der Waals surface area contributed by atoms with Crippen LogP contribution in [0, 0.1) is 0 Å². The molecule has 1 aliphatic rings.